The lowest BCUT2D eigenvalue weighted by Crippen LogP contribution is -2.04. The molecule has 0 radical (unpaired) electrons. The minimum Gasteiger partial charge on any atom is -0.481 e. The number of aryl methyl sites for hydroxylation is 1. The van der Waals surface area contributed by atoms with E-state index in [1.165, 1.54) is 0 Å². The van der Waals surface area contributed by atoms with Gasteiger partial charge in [0.05, 0.1) is 6.42 Å². The molecule has 1 N–H and O–H groups in total. The molecule has 0 spiro atoms. The van der Waals surface area contributed by atoms with Crippen LogP contribution >= 0.6 is 0 Å². The van der Waals surface area contributed by atoms with Gasteiger partial charge in [-0.25, -0.2) is 0 Å². The Balaban J connectivity index is 2.72. The highest BCUT2D eigenvalue weighted by molar-refractivity contribution is 5.94. The number of nitrogens with zero attached hydrogens (tertiary/aromatic N) is 1. The molecule has 0 saturated carbocycles. The molecule has 82 valence electrons. The van der Waals surface area contributed by atoms with Gasteiger partial charge in [-0.05, 0) is 23.8 Å². The summed E-state index contributed by atoms with van der Waals surface area (Å²) in [6.45, 7) is 0. The largest absolute Gasteiger partial charge is 0.481 e. The molecule has 4 heteroatoms. The Morgan fingerprint density at radius 3 is 2.81 bits per heavy atom. The zero-order chi connectivity index (χ0) is 11.7. The summed E-state index contributed by atoms with van der Waals surface area (Å²) in [6.07, 6.45) is 2.42. The Morgan fingerprint density at radius 2 is 2.19 bits per heavy atom. The monoisotopic (exact) mass is 217 g/mol. The Bertz CT molecular complexity index is 569. The quantitative estimate of drug-likeness (QED) is 0.795. The van der Waals surface area contributed by atoms with Gasteiger partial charge in [-0.2, -0.15) is 0 Å². The number of rotatable bonds is 3. The summed E-state index contributed by atoms with van der Waals surface area (Å²) in [5, 5.41) is 9.66. The third-order valence-electron chi connectivity index (χ3n) is 2.67. The average Bonchev–Trinajstić information content (AvgIpc) is 2.61. The van der Waals surface area contributed by atoms with Crippen molar-refractivity contribution in [3.63, 3.8) is 0 Å². The van der Waals surface area contributed by atoms with Gasteiger partial charge in [0.2, 0.25) is 0 Å². The Kier molecular flexibility index (Phi) is 2.48. The summed E-state index contributed by atoms with van der Waals surface area (Å²) in [5.41, 5.74) is 1.96. The van der Waals surface area contributed by atoms with Crippen LogP contribution in [0, 0.1) is 0 Å². The molecule has 0 atom stereocenters. The molecule has 0 bridgehead atoms. The first-order valence-electron chi connectivity index (χ1n) is 4.87. The van der Waals surface area contributed by atoms with Crippen LogP contribution in [0.1, 0.15) is 15.9 Å². The maximum Gasteiger partial charge on any atom is 0.307 e. The predicted octanol–water partition coefficient (Wildman–Crippen LogP) is 1.62. The van der Waals surface area contributed by atoms with Crippen molar-refractivity contribution < 1.29 is 14.7 Å². The van der Waals surface area contributed by atoms with Crippen LogP contribution in [0.2, 0.25) is 0 Å². The van der Waals surface area contributed by atoms with Crippen LogP contribution in [-0.2, 0) is 18.3 Å². The van der Waals surface area contributed by atoms with Crippen LogP contribution in [0.15, 0.2) is 24.4 Å². The van der Waals surface area contributed by atoms with E-state index >= 15 is 0 Å². The molecule has 16 heavy (non-hydrogen) atoms. The minimum absolute atomic E-state index is 0.130. The lowest BCUT2D eigenvalue weighted by molar-refractivity contribution is -0.136. The van der Waals surface area contributed by atoms with E-state index in [2.05, 4.69) is 0 Å². The van der Waals surface area contributed by atoms with Crippen molar-refractivity contribution in [2.45, 2.75) is 6.42 Å². The number of benzene rings is 1. The Hall–Kier alpha value is -2.10. The molecule has 0 aliphatic rings. The van der Waals surface area contributed by atoms with Gasteiger partial charge in [0.25, 0.3) is 0 Å². The Labute approximate surface area is 92.1 Å². The Morgan fingerprint density at radius 1 is 1.44 bits per heavy atom. The molecule has 2 rings (SSSR count). The van der Waals surface area contributed by atoms with Gasteiger partial charge in [-0.15, -0.1) is 0 Å². The average molecular weight is 217 g/mol. The molecule has 1 heterocycles. The van der Waals surface area contributed by atoms with Crippen molar-refractivity contribution in [3.05, 3.63) is 35.5 Å². The molecule has 0 amide bonds. The zero-order valence-electron chi connectivity index (χ0n) is 8.80. The molecule has 1 aromatic heterocycles. The van der Waals surface area contributed by atoms with E-state index in [0.717, 1.165) is 10.9 Å². The maximum absolute atomic E-state index is 10.9. The SMILES string of the molecule is Cn1ccc2c(CC(=O)O)c(C=O)ccc21. The summed E-state index contributed by atoms with van der Waals surface area (Å²) in [6, 6.07) is 5.32. The van der Waals surface area contributed by atoms with Crippen molar-refractivity contribution in [1.29, 1.82) is 0 Å². The van der Waals surface area contributed by atoms with E-state index in [1.54, 1.807) is 6.07 Å². The lowest BCUT2D eigenvalue weighted by Gasteiger charge is -2.05. The number of carboxylic acid groups (broad SMARTS) is 1. The third kappa shape index (κ3) is 1.58. The molecule has 0 fully saturated rings. The van der Waals surface area contributed by atoms with E-state index < -0.39 is 5.97 Å². The number of aldehydes is 1. The van der Waals surface area contributed by atoms with Gasteiger partial charge in [0.1, 0.15) is 6.29 Å². The van der Waals surface area contributed by atoms with Gasteiger partial charge in [0.15, 0.2) is 0 Å². The van der Waals surface area contributed by atoms with Crippen LogP contribution in [-0.4, -0.2) is 21.9 Å². The normalized spacial score (nSPS) is 10.6. The summed E-state index contributed by atoms with van der Waals surface area (Å²) in [4.78, 5) is 21.6. The number of aliphatic carboxylic acids is 1. The number of carboxylic acids is 1. The maximum atomic E-state index is 10.9. The minimum atomic E-state index is -0.931. The number of carbonyl (C=O) groups excluding carboxylic acids is 1. The van der Waals surface area contributed by atoms with Gasteiger partial charge in [0, 0.05) is 29.7 Å². The fourth-order valence-electron chi connectivity index (χ4n) is 1.89. The second-order valence-corrected chi connectivity index (χ2v) is 3.68. The smallest absolute Gasteiger partial charge is 0.307 e. The number of carbonyl (C=O) groups is 2. The van der Waals surface area contributed by atoms with E-state index in [-0.39, 0.29) is 6.42 Å². The second kappa shape index (κ2) is 3.81. The topological polar surface area (TPSA) is 59.3 Å². The highest BCUT2D eigenvalue weighted by Crippen LogP contribution is 2.23. The van der Waals surface area contributed by atoms with E-state index in [9.17, 15) is 9.59 Å². The summed E-state index contributed by atoms with van der Waals surface area (Å²) < 4.78 is 1.90. The highest BCUT2D eigenvalue weighted by Gasteiger charge is 2.12. The van der Waals surface area contributed by atoms with Gasteiger partial charge in [-0.3, -0.25) is 9.59 Å². The molecule has 0 saturated heterocycles. The lowest BCUT2D eigenvalue weighted by atomic mass is 10.0. The highest BCUT2D eigenvalue weighted by atomic mass is 16.4. The number of hydrogen-bond donors (Lipinski definition) is 1. The molecular formula is C12H11NO3. The molecule has 1 aromatic carbocycles. The molecule has 0 aliphatic heterocycles. The van der Waals surface area contributed by atoms with Gasteiger partial charge in [-0.1, -0.05) is 0 Å². The molecule has 2 aromatic rings. The molecule has 0 unspecified atom stereocenters. The fraction of sp³-hybridized carbons (Fsp3) is 0.167. The number of fused-ring (bicyclic) bond motifs is 1. The van der Waals surface area contributed by atoms with Crippen LogP contribution in [0.4, 0.5) is 0 Å². The van der Waals surface area contributed by atoms with Crippen LogP contribution in [0.25, 0.3) is 10.9 Å². The van der Waals surface area contributed by atoms with E-state index in [1.807, 2.05) is 29.9 Å². The van der Waals surface area contributed by atoms with Crippen molar-refractivity contribution >= 4 is 23.2 Å². The number of hydrogen-bond acceptors (Lipinski definition) is 2. The zero-order valence-corrected chi connectivity index (χ0v) is 8.80. The molecular weight excluding hydrogens is 206 g/mol. The molecule has 0 aliphatic carbocycles. The fourth-order valence-corrected chi connectivity index (χ4v) is 1.89. The third-order valence-corrected chi connectivity index (χ3v) is 2.67. The van der Waals surface area contributed by atoms with Gasteiger partial charge >= 0.3 is 5.97 Å². The van der Waals surface area contributed by atoms with Crippen molar-refractivity contribution in [2.75, 3.05) is 0 Å². The first-order valence-corrected chi connectivity index (χ1v) is 4.87. The van der Waals surface area contributed by atoms with E-state index in [4.69, 9.17) is 5.11 Å². The summed E-state index contributed by atoms with van der Waals surface area (Å²) in [5.74, 6) is -0.931. The number of aromatic nitrogens is 1. The van der Waals surface area contributed by atoms with E-state index in [0.29, 0.717) is 17.4 Å². The predicted molar refractivity (Wildman–Crippen MR) is 59.6 cm³/mol. The van der Waals surface area contributed by atoms with Crippen LogP contribution in [0.3, 0.4) is 0 Å². The van der Waals surface area contributed by atoms with Crippen molar-refractivity contribution in [2.24, 2.45) is 7.05 Å². The van der Waals surface area contributed by atoms with Gasteiger partial charge < -0.3 is 9.67 Å². The van der Waals surface area contributed by atoms with Crippen molar-refractivity contribution in [1.82, 2.24) is 4.57 Å². The summed E-state index contributed by atoms with van der Waals surface area (Å²) >= 11 is 0. The second-order valence-electron chi connectivity index (χ2n) is 3.68. The first kappa shape index (κ1) is 10.4. The van der Waals surface area contributed by atoms with Crippen LogP contribution in [0.5, 0.6) is 0 Å². The van der Waals surface area contributed by atoms with Crippen LogP contribution < -0.4 is 0 Å². The molecule has 4 nitrogen and oxygen atoms in total. The summed E-state index contributed by atoms with van der Waals surface area (Å²) in [7, 11) is 1.88. The standard InChI is InChI=1S/C12H11NO3/c1-13-5-4-9-10(6-12(15)16)8(7-14)2-3-11(9)13/h2-5,7H,6H2,1H3,(H,15,16). The first-order chi connectivity index (χ1) is 7.63. The van der Waals surface area contributed by atoms with Crippen molar-refractivity contribution in [3.8, 4) is 0 Å².